The van der Waals surface area contributed by atoms with Crippen molar-refractivity contribution in [1.82, 2.24) is 4.57 Å². The van der Waals surface area contributed by atoms with Crippen LogP contribution in [0, 0.1) is 11.7 Å². The van der Waals surface area contributed by atoms with Crippen LogP contribution in [0.3, 0.4) is 0 Å². The lowest BCUT2D eigenvalue weighted by molar-refractivity contribution is 0.518. The van der Waals surface area contributed by atoms with Crippen LogP contribution in [0.4, 0.5) is 10.1 Å². The average Bonchev–Trinajstić information content (AvgIpc) is 2.94. The van der Waals surface area contributed by atoms with Gasteiger partial charge >= 0.3 is 0 Å². The van der Waals surface area contributed by atoms with Crippen LogP contribution in [0.1, 0.15) is 13.8 Å². The Bertz CT molecular complexity index is 943. The Morgan fingerprint density at radius 2 is 1.84 bits per heavy atom. The third-order valence-electron chi connectivity index (χ3n) is 3.61. The van der Waals surface area contributed by atoms with Crippen LogP contribution in [0.25, 0.3) is 11.3 Å². The van der Waals surface area contributed by atoms with Crippen molar-refractivity contribution in [3.05, 3.63) is 68.5 Å². The summed E-state index contributed by atoms with van der Waals surface area (Å²) < 4.78 is 15.5. The number of rotatable bonds is 4. The largest absolute Gasteiger partial charge is 0.316 e. The molecule has 3 aromatic rings. The first kappa shape index (κ1) is 18.2. The number of halogens is 3. The van der Waals surface area contributed by atoms with Crippen LogP contribution in [0.15, 0.2) is 52.8 Å². The highest BCUT2D eigenvalue weighted by atomic mass is 35.5. The van der Waals surface area contributed by atoms with Crippen molar-refractivity contribution in [3.8, 4) is 11.3 Å². The zero-order valence-corrected chi connectivity index (χ0v) is 16.2. The van der Waals surface area contributed by atoms with Crippen molar-refractivity contribution >= 4 is 40.2 Å². The molecule has 0 spiro atoms. The monoisotopic (exact) mass is 394 g/mol. The fraction of sp³-hybridized carbons (Fsp3) is 0.211. The van der Waals surface area contributed by atoms with Gasteiger partial charge in [-0.15, -0.1) is 11.3 Å². The van der Waals surface area contributed by atoms with Gasteiger partial charge in [-0.25, -0.2) is 9.38 Å². The number of nitrogens with zero attached hydrogens (tertiary/aromatic N) is 2. The van der Waals surface area contributed by atoms with Crippen molar-refractivity contribution in [2.24, 2.45) is 10.9 Å². The molecule has 0 atom stereocenters. The van der Waals surface area contributed by atoms with E-state index in [0.29, 0.717) is 16.6 Å². The van der Waals surface area contributed by atoms with Gasteiger partial charge in [-0.2, -0.15) is 0 Å². The molecule has 2 nitrogen and oxygen atoms in total. The van der Waals surface area contributed by atoms with E-state index in [1.54, 1.807) is 17.4 Å². The van der Waals surface area contributed by atoms with E-state index in [2.05, 4.69) is 28.8 Å². The lowest BCUT2D eigenvalue weighted by atomic mass is 10.1. The van der Waals surface area contributed by atoms with Gasteiger partial charge in [-0.3, -0.25) is 0 Å². The molecule has 0 aliphatic heterocycles. The van der Waals surface area contributed by atoms with Crippen LogP contribution in [-0.4, -0.2) is 4.57 Å². The molecule has 6 heteroatoms. The molecule has 3 rings (SSSR count). The van der Waals surface area contributed by atoms with Crippen molar-refractivity contribution in [3.63, 3.8) is 0 Å². The number of thiazole rings is 1. The maximum atomic E-state index is 13.4. The summed E-state index contributed by atoms with van der Waals surface area (Å²) in [6, 6.07) is 12.3. The Hall–Kier alpha value is -1.62. The molecule has 130 valence electrons. The molecule has 2 aromatic carbocycles. The molecular weight excluding hydrogens is 378 g/mol. The van der Waals surface area contributed by atoms with E-state index in [9.17, 15) is 4.39 Å². The van der Waals surface area contributed by atoms with Gasteiger partial charge in [0.15, 0.2) is 4.80 Å². The third kappa shape index (κ3) is 4.32. The molecule has 0 radical (unpaired) electrons. The molecule has 25 heavy (non-hydrogen) atoms. The SMILES string of the molecule is CC(C)Cn1c(-c2ccc(Cl)cc2)csc1=Nc1ccc(F)c(Cl)c1. The smallest absolute Gasteiger partial charge is 0.190 e. The molecule has 0 aliphatic carbocycles. The van der Waals surface area contributed by atoms with Gasteiger partial charge in [-0.05, 0) is 41.8 Å². The van der Waals surface area contributed by atoms with E-state index in [4.69, 9.17) is 23.2 Å². The Morgan fingerprint density at radius 1 is 1.12 bits per heavy atom. The minimum atomic E-state index is -0.441. The normalized spacial score (nSPS) is 12.2. The Kier molecular flexibility index (Phi) is 5.62. The number of hydrogen-bond donors (Lipinski definition) is 0. The van der Waals surface area contributed by atoms with Crippen LogP contribution < -0.4 is 4.80 Å². The minimum absolute atomic E-state index is 0.0751. The topological polar surface area (TPSA) is 17.3 Å². The highest BCUT2D eigenvalue weighted by Gasteiger charge is 2.10. The second kappa shape index (κ2) is 7.73. The summed E-state index contributed by atoms with van der Waals surface area (Å²) in [5.74, 6) is 0.0140. The summed E-state index contributed by atoms with van der Waals surface area (Å²) in [7, 11) is 0. The second-order valence-corrected chi connectivity index (χ2v) is 7.81. The van der Waals surface area contributed by atoms with E-state index in [1.807, 2.05) is 24.3 Å². The lowest BCUT2D eigenvalue weighted by Crippen LogP contribution is -2.18. The summed E-state index contributed by atoms with van der Waals surface area (Å²) in [6.07, 6.45) is 0. The van der Waals surface area contributed by atoms with Crippen LogP contribution >= 0.6 is 34.5 Å². The Balaban J connectivity index is 2.11. The lowest BCUT2D eigenvalue weighted by Gasteiger charge is -2.11. The van der Waals surface area contributed by atoms with E-state index in [1.165, 1.54) is 12.1 Å². The predicted molar refractivity (Wildman–Crippen MR) is 104 cm³/mol. The Morgan fingerprint density at radius 3 is 2.48 bits per heavy atom. The minimum Gasteiger partial charge on any atom is -0.316 e. The maximum Gasteiger partial charge on any atom is 0.190 e. The van der Waals surface area contributed by atoms with Crippen molar-refractivity contribution < 1.29 is 4.39 Å². The summed E-state index contributed by atoms with van der Waals surface area (Å²) in [4.78, 5) is 5.51. The predicted octanol–water partition coefficient (Wildman–Crippen LogP) is 6.55. The Labute approximate surface area is 160 Å². The molecule has 0 saturated heterocycles. The molecule has 0 aliphatic rings. The molecule has 1 aromatic heterocycles. The van der Waals surface area contributed by atoms with Gasteiger partial charge < -0.3 is 4.57 Å². The van der Waals surface area contributed by atoms with Gasteiger partial charge in [-0.1, -0.05) is 49.2 Å². The van der Waals surface area contributed by atoms with Crippen LogP contribution in [0.5, 0.6) is 0 Å². The van der Waals surface area contributed by atoms with Gasteiger partial charge in [0.05, 0.1) is 16.4 Å². The van der Waals surface area contributed by atoms with Crippen molar-refractivity contribution in [2.45, 2.75) is 20.4 Å². The van der Waals surface area contributed by atoms with Crippen LogP contribution in [0.2, 0.25) is 10.0 Å². The van der Waals surface area contributed by atoms with Crippen LogP contribution in [-0.2, 0) is 6.54 Å². The van der Waals surface area contributed by atoms with E-state index in [0.717, 1.165) is 22.6 Å². The summed E-state index contributed by atoms with van der Waals surface area (Å²) >= 11 is 13.4. The van der Waals surface area contributed by atoms with Crippen molar-refractivity contribution in [1.29, 1.82) is 0 Å². The first-order chi connectivity index (χ1) is 11.9. The zero-order valence-electron chi connectivity index (χ0n) is 13.8. The number of hydrogen-bond acceptors (Lipinski definition) is 2. The summed E-state index contributed by atoms with van der Waals surface area (Å²) in [5, 5.41) is 2.86. The second-order valence-electron chi connectivity index (χ2n) is 6.13. The van der Waals surface area contributed by atoms with E-state index >= 15 is 0 Å². The summed E-state index contributed by atoms with van der Waals surface area (Å²) in [6.45, 7) is 5.15. The molecule has 0 saturated carbocycles. The van der Waals surface area contributed by atoms with Gasteiger partial charge in [0.2, 0.25) is 0 Å². The fourth-order valence-electron chi connectivity index (χ4n) is 2.48. The highest BCUT2D eigenvalue weighted by molar-refractivity contribution is 7.07. The highest BCUT2D eigenvalue weighted by Crippen LogP contribution is 2.25. The van der Waals surface area contributed by atoms with Gasteiger partial charge in [0.25, 0.3) is 0 Å². The van der Waals surface area contributed by atoms with Gasteiger partial charge in [0.1, 0.15) is 5.82 Å². The molecule has 0 amide bonds. The average molecular weight is 395 g/mol. The molecular formula is C19H17Cl2FN2S. The fourth-order valence-corrected chi connectivity index (χ4v) is 3.72. The van der Waals surface area contributed by atoms with Crippen molar-refractivity contribution in [2.75, 3.05) is 0 Å². The number of aromatic nitrogens is 1. The summed E-state index contributed by atoms with van der Waals surface area (Å²) in [5.41, 5.74) is 2.80. The molecule has 0 bridgehead atoms. The first-order valence-corrected chi connectivity index (χ1v) is 9.51. The molecule has 0 unspecified atom stereocenters. The first-order valence-electron chi connectivity index (χ1n) is 7.88. The van der Waals surface area contributed by atoms with E-state index in [-0.39, 0.29) is 5.02 Å². The van der Waals surface area contributed by atoms with Gasteiger partial charge in [0, 0.05) is 16.9 Å². The molecule has 0 N–H and O–H groups in total. The zero-order chi connectivity index (χ0) is 18.0. The molecule has 0 fully saturated rings. The third-order valence-corrected chi connectivity index (χ3v) is 5.02. The molecule has 1 heterocycles. The van der Waals surface area contributed by atoms with E-state index < -0.39 is 5.82 Å². The maximum absolute atomic E-state index is 13.4. The number of benzene rings is 2. The standard InChI is InChI=1S/C19H17Cl2FN2S/c1-12(2)10-24-18(13-3-5-14(20)6-4-13)11-25-19(24)23-15-7-8-17(22)16(21)9-15/h3-9,11-12H,10H2,1-2H3. The quantitative estimate of drug-likeness (QED) is 0.477.